The Hall–Kier alpha value is -0.840. The van der Waals surface area contributed by atoms with Crippen molar-refractivity contribution in [3.05, 3.63) is 24.3 Å². The molecule has 0 spiro atoms. The van der Waals surface area contributed by atoms with E-state index in [1.165, 1.54) is 31.4 Å². The number of hydrogen-bond donors (Lipinski definition) is 1. The van der Waals surface area contributed by atoms with Crippen LogP contribution in [0.25, 0.3) is 0 Å². The van der Waals surface area contributed by atoms with Crippen LogP contribution in [0, 0.1) is 5.92 Å². The van der Waals surface area contributed by atoms with Crippen LogP contribution in [0.1, 0.15) is 32.6 Å². The van der Waals surface area contributed by atoms with E-state index >= 15 is 0 Å². The quantitative estimate of drug-likeness (QED) is 0.739. The van der Waals surface area contributed by atoms with Crippen molar-refractivity contribution < 1.29 is 13.2 Å². The first-order valence-corrected chi connectivity index (χ1v) is 7.36. The van der Waals surface area contributed by atoms with Gasteiger partial charge >= 0.3 is 5.51 Å². The number of anilines is 1. The van der Waals surface area contributed by atoms with E-state index in [1.54, 1.807) is 12.1 Å². The van der Waals surface area contributed by atoms with Crippen LogP contribution in [0.5, 0.6) is 0 Å². The first-order valence-electron chi connectivity index (χ1n) is 6.55. The summed E-state index contributed by atoms with van der Waals surface area (Å²) >= 11 is -0.0760. The minimum atomic E-state index is -4.22. The summed E-state index contributed by atoms with van der Waals surface area (Å²) in [5.41, 5.74) is -3.33. The Bertz CT molecular complexity index is 398. The number of alkyl halides is 3. The highest BCUT2D eigenvalue weighted by molar-refractivity contribution is 8.00. The summed E-state index contributed by atoms with van der Waals surface area (Å²) in [6.07, 6.45) is 5.10. The largest absolute Gasteiger partial charge is 0.446 e. The van der Waals surface area contributed by atoms with E-state index in [-0.39, 0.29) is 16.7 Å². The van der Waals surface area contributed by atoms with Gasteiger partial charge in [0.05, 0.1) is 0 Å². The maximum Gasteiger partial charge on any atom is 0.446 e. The molecule has 0 bridgehead atoms. The molecule has 1 aromatic rings. The zero-order chi connectivity index (χ0) is 13.9. The molecule has 0 saturated heterocycles. The van der Waals surface area contributed by atoms with Crippen LogP contribution in [-0.2, 0) is 0 Å². The van der Waals surface area contributed by atoms with Gasteiger partial charge in [-0.2, -0.15) is 13.2 Å². The van der Waals surface area contributed by atoms with Crippen molar-refractivity contribution in [1.29, 1.82) is 0 Å². The molecule has 0 radical (unpaired) electrons. The summed E-state index contributed by atoms with van der Waals surface area (Å²) in [5, 5.41) is 3.34. The van der Waals surface area contributed by atoms with Gasteiger partial charge in [0.15, 0.2) is 0 Å². The molecular formula is C14H18F3NS. The molecule has 1 atom stereocenters. The van der Waals surface area contributed by atoms with Crippen LogP contribution in [-0.4, -0.2) is 11.6 Å². The van der Waals surface area contributed by atoms with E-state index in [0.29, 0.717) is 6.04 Å². The zero-order valence-corrected chi connectivity index (χ0v) is 11.7. The van der Waals surface area contributed by atoms with Crippen molar-refractivity contribution in [3.63, 3.8) is 0 Å². The molecule has 0 heterocycles. The summed E-state index contributed by atoms with van der Waals surface area (Å²) in [4.78, 5) is 0.227. The predicted octanol–water partition coefficient (Wildman–Crippen LogP) is 5.29. The van der Waals surface area contributed by atoms with Crippen LogP contribution in [0.15, 0.2) is 29.2 Å². The highest BCUT2D eigenvalue weighted by Crippen LogP contribution is 2.37. The smallest absolute Gasteiger partial charge is 0.383 e. The van der Waals surface area contributed by atoms with E-state index in [9.17, 15) is 13.2 Å². The minimum absolute atomic E-state index is 0.0760. The highest BCUT2D eigenvalue weighted by atomic mass is 32.2. The molecule has 1 aromatic carbocycles. The Labute approximate surface area is 116 Å². The topological polar surface area (TPSA) is 12.0 Å². The van der Waals surface area contributed by atoms with E-state index in [1.807, 2.05) is 0 Å². The molecule has 1 aliphatic rings. The average Bonchev–Trinajstić information content (AvgIpc) is 2.24. The molecule has 106 valence electrons. The molecular weight excluding hydrogens is 271 g/mol. The van der Waals surface area contributed by atoms with Crippen LogP contribution < -0.4 is 5.32 Å². The molecule has 5 heteroatoms. The summed E-state index contributed by atoms with van der Waals surface area (Å²) in [6, 6.07) is 6.82. The third kappa shape index (κ3) is 4.97. The van der Waals surface area contributed by atoms with Crippen LogP contribution in [0.4, 0.5) is 18.9 Å². The van der Waals surface area contributed by atoms with Crippen molar-refractivity contribution in [1.82, 2.24) is 0 Å². The Kier molecular flexibility index (Phi) is 4.66. The number of rotatable bonds is 5. The Morgan fingerprint density at radius 1 is 1.26 bits per heavy atom. The fraction of sp³-hybridized carbons (Fsp3) is 0.571. The lowest BCUT2D eigenvalue weighted by Gasteiger charge is -2.28. The molecule has 0 aliphatic heterocycles. The van der Waals surface area contributed by atoms with Gasteiger partial charge in [-0.1, -0.05) is 19.3 Å². The normalized spacial score (nSPS) is 17.9. The van der Waals surface area contributed by atoms with Crippen molar-refractivity contribution in [2.45, 2.75) is 49.1 Å². The minimum Gasteiger partial charge on any atom is -0.383 e. The number of halogens is 3. The second-order valence-corrected chi connectivity index (χ2v) is 6.29. The highest BCUT2D eigenvalue weighted by Gasteiger charge is 2.29. The monoisotopic (exact) mass is 289 g/mol. The Balaban J connectivity index is 1.83. The fourth-order valence-electron chi connectivity index (χ4n) is 2.32. The van der Waals surface area contributed by atoms with Gasteiger partial charge in [0.1, 0.15) is 0 Å². The maximum atomic E-state index is 12.2. The zero-order valence-electron chi connectivity index (χ0n) is 10.8. The summed E-state index contributed by atoms with van der Waals surface area (Å²) < 4.78 is 36.6. The molecule has 0 amide bonds. The van der Waals surface area contributed by atoms with Crippen LogP contribution in [0.2, 0.25) is 0 Å². The van der Waals surface area contributed by atoms with Gasteiger partial charge in [0, 0.05) is 16.6 Å². The molecule has 1 unspecified atom stereocenters. The lowest BCUT2D eigenvalue weighted by atomic mass is 9.81. The van der Waals surface area contributed by atoms with Crippen LogP contribution >= 0.6 is 11.8 Å². The molecule has 0 aromatic heterocycles. The molecule has 19 heavy (non-hydrogen) atoms. The van der Waals surface area contributed by atoms with Crippen molar-refractivity contribution in [2.24, 2.45) is 5.92 Å². The maximum absolute atomic E-state index is 12.2. The Morgan fingerprint density at radius 2 is 1.89 bits per heavy atom. The third-order valence-electron chi connectivity index (χ3n) is 3.41. The average molecular weight is 289 g/mol. The molecule has 2 rings (SSSR count). The molecule has 1 saturated carbocycles. The second kappa shape index (κ2) is 6.07. The Morgan fingerprint density at radius 3 is 2.37 bits per heavy atom. The van der Waals surface area contributed by atoms with Crippen molar-refractivity contribution in [3.8, 4) is 0 Å². The predicted molar refractivity (Wildman–Crippen MR) is 73.4 cm³/mol. The number of thioether (sulfide) groups is 1. The molecule has 1 N–H and O–H groups in total. The van der Waals surface area contributed by atoms with Crippen LogP contribution in [0.3, 0.4) is 0 Å². The summed E-state index contributed by atoms with van der Waals surface area (Å²) in [7, 11) is 0. The van der Waals surface area contributed by atoms with E-state index in [0.717, 1.165) is 18.0 Å². The van der Waals surface area contributed by atoms with Gasteiger partial charge in [-0.25, -0.2) is 0 Å². The molecule has 1 aliphatic carbocycles. The molecule has 1 fully saturated rings. The molecule has 1 nitrogen and oxygen atoms in total. The van der Waals surface area contributed by atoms with Gasteiger partial charge < -0.3 is 5.32 Å². The number of nitrogens with one attached hydrogen (secondary N) is 1. The van der Waals surface area contributed by atoms with Gasteiger partial charge in [-0.3, -0.25) is 0 Å². The standard InChI is InChI=1S/C14H18F3NS/c1-10(9-11-3-2-4-11)18-12-5-7-13(8-6-12)19-14(15,16)17/h5-8,10-11,18H,2-4,9H2,1H3. The van der Waals surface area contributed by atoms with Crippen molar-refractivity contribution in [2.75, 3.05) is 5.32 Å². The summed E-state index contributed by atoms with van der Waals surface area (Å²) in [6.45, 7) is 2.12. The van der Waals surface area contributed by atoms with E-state index in [2.05, 4.69) is 12.2 Å². The first kappa shape index (κ1) is 14.6. The number of benzene rings is 1. The van der Waals surface area contributed by atoms with E-state index in [4.69, 9.17) is 0 Å². The van der Waals surface area contributed by atoms with Gasteiger partial charge in [0.25, 0.3) is 0 Å². The lowest BCUT2D eigenvalue weighted by molar-refractivity contribution is -0.0328. The third-order valence-corrected chi connectivity index (χ3v) is 4.15. The lowest BCUT2D eigenvalue weighted by Crippen LogP contribution is -2.23. The SMILES string of the molecule is CC(CC1CCC1)Nc1ccc(SC(F)(F)F)cc1. The second-order valence-electron chi connectivity index (χ2n) is 5.15. The van der Waals surface area contributed by atoms with Gasteiger partial charge in [-0.15, -0.1) is 0 Å². The van der Waals surface area contributed by atoms with Gasteiger partial charge in [-0.05, 0) is 55.3 Å². The van der Waals surface area contributed by atoms with E-state index < -0.39 is 5.51 Å². The van der Waals surface area contributed by atoms with Gasteiger partial charge in [0.2, 0.25) is 0 Å². The van der Waals surface area contributed by atoms with Crippen molar-refractivity contribution >= 4 is 17.4 Å². The number of hydrogen-bond acceptors (Lipinski definition) is 2. The first-order chi connectivity index (χ1) is 8.92. The summed E-state index contributed by atoms with van der Waals surface area (Å²) in [5.74, 6) is 0.822. The fourth-order valence-corrected chi connectivity index (χ4v) is 2.86.